The molecule has 154 valence electrons. The third-order valence-corrected chi connectivity index (χ3v) is 4.88. The van der Waals surface area contributed by atoms with Gasteiger partial charge in [-0.15, -0.1) is 0 Å². The predicted molar refractivity (Wildman–Crippen MR) is 119 cm³/mol. The first-order chi connectivity index (χ1) is 14.3. The molecule has 0 bridgehead atoms. The third-order valence-electron chi connectivity index (χ3n) is 4.88. The van der Waals surface area contributed by atoms with Crippen molar-refractivity contribution in [2.45, 2.75) is 32.1 Å². The first-order valence-electron chi connectivity index (χ1n) is 10.0. The molecular formula is C26H27NO3. The molecule has 0 saturated carbocycles. The van der Waals surface area contributed by atoms with Gasteiger partial charge in [-0.25, -0.2) is 0 Å². The van der Waals surface area contributed by atoms with Crippen molar-refractivity contribution in [2.75, 3.05) is 11.9 Å². The van der Waals surface area contributed by atoms with E-state index in [0.717, 1.165) is 11.1 Å². The Morgan fingerprint density at radius 1 is 0.800 bits per heavy atom. The number of rotatable bonds is 6. The Morgan fingerprint density at radius 3 is 1.77 bits per heavy atom. The van der Waals surface area contributed by atoms with E-state index in [-0.39, 0.29) is 17.9 Å². The van der Waals surface area contributed by atoms with Gasteiger partial charge in [-0.05, 0) is 34.2 Å². The molecule has 1 amide bonds. The summed E-state index contributed by atoms with van der Waals surface area (Å²) in [5.41, 5.74) is 3.55. The van der Waals surface area contributed by atoms with Crippen molar-refractivity contribution in [2.24, 2.45) is 0 Å². The molecule has 0 heterocycles. The topological polar surface area (TPSA) is 55.4 Å². The molecule has 1 N–H and O–H groups in total. The van der Waals surface area contributed by atoms with E-state index in [1.165, 1.54) is 5.56 Å². The Kier molecular flexibility index (Phi) is 6.68. The van der Waals surface area contributed by atoms with E-state index in [1.54, 1.807) is 0 Å². The lowest BCUT2D eigenvalue weighted by Crippen LogP contribution is -2.24. The SMILES string of the molecule is CC(C)(C)c1ccc(NC(=O)COC(=O)C(c2ccccc2)c2ccccc2)cc1. The Balaban J connectivity index is 1.64. The molecule has 3 rings (SSSR count). The van der Waals surface area contributed by atoms with Crippen molar-refractivity contribution < 1.29 is 14.3 Å². The van der Waals surface area contributed by atoms with Crippen molar-refractivity contribution in [3.63, 3.8) is 0 Å². The molecular weight excluding hydrogens is 374 g/mol. The summed E-state index contributed by atoms with van der Waals surface area (Å²) in [5, 5.41) is 2.78. The minimum absolute atomic E-state index is 0.0436. The van der Waals surface area contributed by atoms with Crippen LogP contribution in [0.2, 0.25) is 0 Å². The molecule has 3 aromatic carbocycles. The lowest BCUT2D eigenvalue weighted by molar-refractivity contribution is -0.147. The van der Waals surface area contributed by atoms with Gasteiger partial charge >= 0.3 is 5.97 Å². The fraction of sp³-hybridized carbons (Fsp3) is 0.231. The second-order valence-corrected chi connectivity index (χ2v) is 8.24. The number of benzene rings is 3. The minimum Gasteiger partial charge on any atom is -0.455 e. The van der Waals surface area contributed by atoms with Crippen LogP contribution in [0.4, 0.5) is 5.69 Å². The van der Waals surface area contributed by atoms with Crippen molar-refractivity contribution in [1.29, 1.82) is 0 Å². The molecule has 0 aliphatic rings. The summed E-state index contributed by atoms with van der Waals surface area (Å²) in [6.45, 7) is 6.07. The van der Waals surface area contributed by atoms with Crippen LogP contribution in [-0.2, 0) is 19.7 Å². The van der Waals surface area contributed by atoms with E-state index in [1.807, 2.05) is 84.9 Å². The highest BCUT2D eigenvalue weighted by molar-refractivity contribution is 5.93. The largest absolute Gasteiger partial charge is 0.455 e. The molecule has 0 aliphatic carbocycles. The average molecular weight is 402 g/mol. The lowest BCUT2D eigenvalue weighted by Gasteiger charge is -2.19. The molecule has 0 radical (unpaired) electrons. The third kappa shape index (κ3) is 5.57. The highest BCUT2D eigenvalue weighted by Crippen LogP contribution is 2.26. The van der Waals surface area contributed by atoms with Gasteiger partial charge in [-0.1, -0.05) is 93.6 Å². The molecule has 0 unspecified atom stereocenters. The summed E-state index contributed by atoms with van der Waals surface area (Å²) < 4.78 is 5.37. The normalized spacial score (nSPS) is 11.2. The fourth-order valence-electron chi connectivity index (χ4n) is 3.23. The van der Waals surface area contributed by atoms with Crippen molar-refractivity contribution >= 4 is 17.6 Å². The smallest absolute Gasteiger partial charge is 0.318 e. The van der Waals surface area contributed by atoms with E-state index in [9.17, 15) is 9.59 Å². The maximum absolute atomic E-state index is 12.9. The van der Waals surface area contributed by atoms with Gasteiger partial charge < -0.3 is 10.1 Å². The molecule has 4 heteroatoms. The van der Waals surface area contributed by atoms with Gasteiger partial charge in [-0.3, -0.25) is 9.59 Å². The molecule has 0 atom stereocenters. The van der Waals surface area contributed by atoms with E-state index in [2.05, 4.69) is 26.1 Å². The number of esters is 1. The van der Waals surface area contributed by atoms with E-state index in [0.29, 0.717) is 5.69 Å². The Bertz CT molecular complexity index is 935. The summed E-state index contributed by atoms with van der Waals surface area (Å²) in [4.78, 5) is 25.2. The molecule has 4 nitrogen and oxygen atoms in total. The minimum atomic E-state index is -0.578. The number of hydrogen-bond acceptors (Lipinski definition) is 3. The van der Waals surface area contributed by atoms with E-state index >= 15 is 0 Å². The molecule has 0 saturated heterocycles. The van der Waals surface area contributed by atoms with Gasteiger partial charge in [-0.2, -0.15) is 0 Å². The molecule has 0 aromatic heterocycles. The summed E-state index contributed by atoms with van der Waals surface area (Å²) in [6, 6.07) is 26.6. The number of anilines is 1. The summed E-state index contributed by atoms with van der Waals surface area (Å²) in [6.07, 6.45) is 0. The van der Waals surface area contributed by atoms with Crippen LogP contribution >= 0.6 is 0 Å². The quantitative estimate of drug-likeness (QED) is 0.571. The summed E-state index contributed by atoms with van der Waals surface area (Å²) in [5.74, 6) is -1.40. The van der Waals surface area contributed by atoms with Gasteiger partial charge in [0.1, 0.15) is 5.92 Å². The first kappa shape index (κ1) is 21.3. The Labute approximate surface area is 177 Å². The van der Waals surface area contributed by atoms with Crippen LogP contribution in [0.1, 0.15) is 43.4 Å². The van der Waals surface area contributed by atoms with Crippen molar-refractivity contribution in [1.82, 2.24) is 0 Å². The van der Waals surface area contributed by atoms with Gasteiger partial charge in [0, 0.05) is 5.69 Å². The highest BCUT2D eigenvalue weighted by atomic mass is 16.5. The van der Waals surface area contributed by atoms with Crippen LogP contribution in [-0.4, -0.2) is 18.5 Å². The second-order valence-electron chi connectivity index (χ2n) is 8.24. The standard InChI is InChI=1S/C26H27NO3/c1-26(2,3)21-14-16-22(17-15-21)27-23(28)18-30-25(29)24(19-10-6-4-7-11-19)20-12-8-5-9-13-20/h4-17,24H,18H2,1-3H3,(H,27,28). The molecule has 30 heavy (non-hydrogen) atoms. The maximum Gasteiger partial charge on any atom is 0.318 e. The number of hydrogen-bond donors (Lipinski definition) is 1. The van der Waals surface area contributed by atoms with Gasteiger partial charge in [0.2, 0.25) is 0 Å². The van der Waals surface area contributed by atoms with Crippen LogP contribution < -0.4 is 5.32 Å². The van der Waals surface area contributed by atoms with Gasteiger partial charge in [0.15, 0.2) is 6.61 Å². The van der Waals surface area contributed by atoms with Crippen LogP contribution in [0.5, 0.6) is 0 Å². The highest BCUT2D eigenvalue weighted by Gasteiger charge is 2.24. The Morgan fingerprint density at radius 2 is 1.30 bits per heavy atom. The zero-order valence-electron chi connectivity index (χ0n) is 17.6. The van der Waals surface area contributed by atoms with Crippen LogP contribution in [0, 0.1) is 0 Å². The predicted octanol–water partition coefficient (Wildman–Crippen LogP) is 5.30. The number of carbonyl (C=O) groups excluding carboxylic acids is 2. The van der Waals surface area contributed by atoms with E-state index in [4.69, 9.17) is 4.74 Å². The molecule has 0 spiro atoms. The van der Waals surface area contributed by atoms with Crippen LogP contribution in [0.25, 0.3) is 0 Å². The summed E-state index contributed by atoms with van der Waals surface area (Å²) >= 11 is 0. The maximum atomic E-state index is 12.9. The number of ether oxygens (including phenoxy) is 1. The van der Waals surface area contributed by atoms with Crippen LogP contribution in [0.3, 0.4) is 0 Å². The van der Waals surface area contributed by atoms with Crippen LogP contribution in [0.15, 0.2) is 84.9 Å². The second kappa shape index (κ2) is 9.40. The summed E-state index contributed by atoms with van der Waals surface area (Å²) in [7, 11) is 0. The Hall–Kier alpha value is -3.40. The zero-order chi connectivity index (χ0) is 21.6. The first-order valence-corrected chi connectivity index (χ1v) is 10.0. The number of amides is 1. The fourth-order valence-corrected chi connectivity index (χ4v) is 3.23. The average Bonchev–Trinajstić information content (AvgIpc) is 2.74. The molecule has 3 aromatic rings. The molecule has 0 fully saturated rings. The number of carbonyl (C=O) groups is 2. The number of nitrogens with one attached hydrogen (secondary N) is 1. The van der Waals surface area contributed by atoms with E-state index < -0.39 is 11.9 Å². The van der Waals surface area contributed by atoms with Gasteiger partial charge in [0.25, 0.3) is 5.91 Å². The molecule has 0 aliphatic heterocycles. The monoisotopic (exact) mass is 401 g/mol. The van der Waals surface area contributed by atoms with Crippen molar-refractivity contribution in [3.8, 4) is 0 Å². The zero-order valence-corrected chi connectivity index (χ0v) is 17.6. The van der Waals surface area contributed by atoms with Gasteiger partial charge in [0.05, 0.1) is 0 Å². The van der Waals surface area contributed by atoms with Crippen molar-refractivity contribution in [3.05, 3.63) is 102 Å². The lowest BCUT2D eigenvalue weighted by atomic mass is 9.87.